The van der Waals surface area contributed by atoms with E-state index in [-0.39, 0.29) is 17.4 Å². The van der Waals surface area contributed by atoms with Crippen LogP contribution in [0.1, 0.15) is 15.9 Å². The molecule has 0 bridgehead atoms. The molecule has 2 heterocycles. The summed E-state index contributed by atoms with van der Waals surface area (Å²) >= 11 is 0. The summed E-state index contributed by atoms with van der Waals surface area (Å²) in [4.78, 5) is 25.7. The molecule has 7 nitrogen and oxygen atoms in total. The van der Waals surface area contributed by atoms with Crippen LogP contribution in [0.15, 0.2) is 67.1 Å². The zero-order valence-corrected chi connectivity index (χ0v) is 17.9. The van der Waals surface area contributed by atoms with Gasteiger partial charge in [-0.25, -0.2) is 23.7 Å². The number of carbonyl (C=O) groups is 1. The number of nitrogen functional groups attached to an aromatic ring is 1. The SMILES string of the molecule is Cc1ccc2c(Nc3cc(F)ccc3F)nccc2c1NC(=O)c1cccc2c(N)ncnc12. The fourth-order valence-electron chi connectivity index (χ4n) is 3.82. The van der Waals surface area contributed by atoms with Gasteiger partial charge in [0.15, 0.2) is 0 Å². The molecule has 0 saturated heterocycles. The molecule has 0 spiro atoms. The van der Waals surface area contributed by atoms with Crippen molar-refractivity contribution in [1.29, 1.82) is 0 Å². The van der Waals surface area contributed by atoms with Crippen LogP contribution in [0.25, 0.3) is 21.7 Å². The van der Waals surface area contributed by atoms with Gasteiger partial charge in [0.2, 0.25) is 0 Å². The number of carbonyl (C=O) groups excluding carboxylic acids is 1. The summed E-state index contributed by atoms with van der Waals surface area (Å²) in [5.41, 5.74) is 8.04. The first-order valence-corrected chi connectivity index (χ1v) is 10.3. The highest BCUT2D eigenvalue weighted by Crippen LogP contribution is 2.33. The van der Waals surface area contributed by atoms with Crippen LogP contribution in [-0.2, 0) is 0 Å². The van der Waals surface area contributed by atoms with Crippen LogP contribution >= 0.6 is 0 Å². The van der Waals surface area contributed by atoms with Gasteiger partial charge in [-0.3, -0.25) is 4.79 Å². The minimum atomic E-state index is -0.613. The standard InChI is InChI=1S/C25H18F2N6O/c1-13-5-7-16-15(9-10-29-24(16)32-20-11-14(26)6-8-19(20)27)21(13)33-25(34)18-4-2-3-17-22(18)30-12-31-23(17)28/h2-12H,1H3,(H,29,32)(H,33,34)(H2,28,30,31). The van der Waals surface area contributed by atoms with Crippen molar-refractivity contribution in [3.63, 3.8) is 0 Å². The Hall–Kier alpha value is -4.66. The average molecular weight is 456 g/mol. The molecule has 0 aliphatic carbocycles. The van der Waals surface area contributed by atoms with Crippen molar-refractivity contribution >= 4 is 50.6 Å². The zero-order chi connectivity index (χ0) is 23.8. The largest absolute Gasteiger partial charge is 0.383 e. The highest BCUT2D eigenvalue weighted by molar-refractivity contribution is 6.16. The molecule has 0 aliphatic rings. The Morgan fingerprint density at radius 1 is 0.941 bits per heavy atom. The second-order valence-corrected chi connectivity index (χ2v) is 7.68. The van der Waals surface area contributed by atoms with Crippen LogP contribution in [0.4, 0.5) is 31.8 Å². The summed E-state index contributed by atoms with van der Waals surface area (Å²) in [6.07, 6.45) is 2.84. The summed E-state index contributed by atoms with van der Waals surface area (Å²) in [5.74, 6) is -0.956. The fraction of sp³-hybridized carbons (Fsp3) is 0.0400. The van der Waals surface area contributed by atoms with Gasteiger partial charge in [-0.05, 0) is 42.8 Å². The van der Waals surface area contributed by atoms with Gasteiger partial charge in [0, 0.05) is 28.4 Å². The smallest absolute Gasteiger partial charge is 0.257 e. The van der Waals surface area contributed by atoms with E-state index in [4.69, 9.17) is 5.73 Å². The van der Waals surface area contributed by atoms with Gasteiger partial charge >= 0.3 is 0 Å². The lowest BCUT2D eigenvalue weighted by Crippen LogP contribution is -2.14. The molecule has 0 radical (unpaired) electrons. The van der Waals surface area contributed by atoms with Gasteiger partial charge in [-0.15, -0.1) is 0 Å². The van der Waals surface area contributed by atoms with Crippen molar-refractivity contribution in [2.75, 3.05) is 16.4 Å². The Morgan fingerprint density at radius 3 is 2.65 bits per heavy atom. The third kappa shape index (κ3) is 3.73. The van der Waals surface area contributed by atoms with Crippen LogP contribution in [-0.4, -0.2) is 20.9 Å². The molecule has 168 valence electrons. The van der Waals surface area contributed by atoms with E-state index in [1.807, 2.05) is 13.0 Å². The van der Waals surface area contributed by atoms with Crippen LogP contribution in [0.2, 0.25) is 0 Å². The predicted octanol–water partition coefficient (Wildman–Crippen LogP) is 5.34. The van der Waals surface area contributed by atoms with E-state index in [2.05, 4.69) is 25.6 Å². The first-order valence-electron chi connectivity index (χ1n) is 10.3. The number of aryl methyl sites for hydroxylation is 1. The molecule has 5 aromatic rings. The number of benzene rings is 3. The van der Waals surface area contributed by atoms with Crippen LogP contribution < -0.4 is 16.4 Å². The van der Waals surface area contributed by atoms with Gasteiger partial charge in [-0.1, -0.05) is 18.2 Å². The van der Waals surface area contributed by atoms with E-state index in [1.54, 1.807) is 30.3 Å². The maximum atomic E-state index is 14.2. The lowest BCUT2D eigenvalue weighted by atomic mass is 10.0. The molecule has 0 aliphatic heterocycles. The number of nitrogens with zero attached hydrogens (tertiary/aromatic N) is 3. The number of halogens is 2. The lowest BCUT2D eigenvalue weighted by molar-refractivity contribution is 0.102. The van der Waals surface area contributed by atoms with E-state index >= 15 is 0 Å². The molecule has 0 unspecified atom stereocenters. The van der Waals surface area contributed by atoms with Crippen molar-refractivity contribution in [3.8, 4) is 0 Å². The molecule has 1 amide bonds. The fourth-order valence-corrected chi connectivity index (χ4v) is 3.82. The third-order valence-electron chi connectivity index (χ3n) is 5.51. The minimum absolute atomic E-state index is 0.0424. The average Bonchev–Trinajstić information content (AvgIpc) is 2.83. The van der Waals surface area contributed by atoms with E-state index in [9.17, 15) is 13.6 Å². The molecular formula is C25H18F2N6O. The van der Waals surface area contributed by atoms with Crippen LogP contribution in [0.5, 0.6) is 0 Å². The number of hydrogen-bond donors (Lipinski definition) is 3. The summed E-state index contributed by atoms with van der Waals surface area (Å²) < 4.78 is 27.8. The molecule has 0 saturated carbocycles. The zero-order valence-electron chi connectivity index (χ0n) is 17.9. The van der Waals surface area contributed by atoms with E-state index in [1.165, 1.54) is 12.5 Å². The highest BCUT2D eigenvalue weighted by atomic mass is 19.1. The lowest BCUT2D eigenvalue weighted by Gasteiger charge is -2.15. The first kappa shape index (κ1) is 21.2. The number of pyridine rings is 1. The van der Waals surface area contributed by atoms with Gasteiger partial charge in [0.1, 0.15) is 29.6 Å². The molecular weight excluding hydrogens is 438 g/mol. The van der Waals surface area contributed by atoms with Crippen molar-refractivity contribution in [2.45, 2.75) is 6.92 Å². The Kier molecular flexibility index (Phi) is 5.21. The molecule has 2 aromatic heterocycles. The number of nitrogens with one attached hydrogen (secondary N) is 2. The van der Waals surface area contributed by atoms with Gasteiger partial charge in [0.25, 0.3) is 5.91 Å². The molecule has 34 heavy (non-hydrogen) atoms. The summed E-state index contributed by atoms with van der Waals surface area (Å²) in [5, 5.41) is 7.69. The number of fused-ring (bicyclic) bond motifs is 2. The Morgan fingerprint density at radius 2 is 1.79 bits per heavy atom. The summed E-state index contributed by atoms with van der Waals surface area (Å²) in [7, 11) is 0. The first-order chi connectivity index (χ1) is 16.4. The monoisotopic (exact) mass is 456 g/mol. The number of aromatic nitrogens is 3. The number of rotatable bonds is 4. The van der Waals surface area contributed by atoms with Crippen LogP contribution in [0, 0.1) is 18.6 Å². The number of hydrogen-bond acceptors (Lipinski definition) is 6. The van der Waals surface area contributed by atoms with Gasteiger partial charge in [0.05, 0.1) is 22.5 Å². The normalized spacial score (nSPS) is 11.0. The summed E-state index contributed by atoms with van der Waals surface area (Å²) in [6.45, 7) is 1.86. The Bertz CT molecular complexity index is 1590. The van der Waals surface area contributed by atoms with Crippen molar-refractivity contribution in [2.24, 2.45) is 0 Å². The maximum absolute atomic E-state index is 14.2. The number of amides is 1. The van der Waals surface area contributed by atoms with Crippen molar-refractivity contribution in [1.82, 2.24) is 15.0 Å². The predicted molar refractivity (Wildman–Crippen MR) is 128 cm³/mol. The number of anilines is 4. The Balaban J connectivity index is 1.57. The van der Waals surface area contributed by atoms with E-state index in [0.717, 1.165) is 23.8 Å². The maximum Gasteiger partial charge on any atom is 0.257 e. The van der Waals surface area contributed by atoms with Gasteiger partial charge < -0.3 is 16.4 Å². The highest BCUT2D eigenvalue weighted by Gasteiger charge is 2.17. The topological polar surface area (TPSA) is 106 Å². The third-order valence-corrected chi connectivity index (χ3v) is 5.51. The van der Waals surface area contributed by atoms with Crippen LogP contribution in [0.3, 0.4) is 0 Å². The molecule has 0 atom stereocenters. The molecule has 4 N–H and O–H groups in total. The minimum Gasteiger partial charge on any atom is -0.383 e. The summed E-state index contributed by atoms with van der Waals surface area (Å²) in [6, 6.07) is 13.6. The Labute approximate surface area is 192 Å². The number of nitrogens with two attached hydrogens (primary N) is 1. The van der Waals surface area contributed by atoms with E-state index < -0.39 is 11.6 Å². The number of para-hydroxylation sites is 1. The molecule has 5 rings (SSSR count). The molecule has 3 aromatic carbocycles. The molecule has 9 heteroatoms. The van der Waals surface area contributed by atoms with Crippen molar-refractivity contribution < 1.29 is 13.6 Å². The second-order valence-electron chi connectivity index (χ2n) is 7.68. The molecule has 0 fully saturated rings. The van der Waals surface area contributed by atoms with Gasteiger partial charge in [-0.2, -0.15) is 0 Å². The van der Waals surface area contributed by atoms with E-state index in [0.29, 0.717) is 38.7 Å². The van der Waals surface area contributed by atoms with Crippen molar-refractivity contribution in [3.05, 3.63) is 89.9 Å². The quantitative estimate of drug-likeness (QED) is 0.337. The second kappa shape index (κ2) is 8.36.